The van der Waals surface area contributed by atoms with Crippen LogP contribution in [0, 0.1) is 23.7 Å². The van der Waals surface area contributed by atoms with Crippen LogP contribution < -0.4 is 10.6 Å². The smallest absolute Gasteiger partial charge is 0.354 e. The quantitative estimate of drug-likeness (QED) is 0.606. The number of carbonyl (C=O) groups excluding carboxylic acids is 1. The molecule has 1 fully saturated rings. The summed E-state index contributed by atoms with van der Waals surface area (Å²) in [6.45, 7) is 2.92. The second-order valence-electron chi connectivity index (χ2n) is 7.88. The standard InChI is InChI=1S/C22H21F5N4O/c1-4-15-16(9-28)12(2)29-10-17(15)31-14-7-5-13(6-8-14)18-20(3,22(18,26)27)19(32)30-11-21(23,24)25/h5-8,10,18,31H,4,11H2,1-3H3,(H,30,32). The Bertz CT molecular complexity index is 1080. The highest BCUT2D eigenvalue weighted by molar-refractivity contribution is 5.89. The number of benzene rings is 1. The zero-order chi connectivity index (χ0) is 23.9. The molecule has 5 nitrogen and oxygen atoms in total. The Labute approximate surface area is 181 Å². The van der Waals surface area contributed by atoms with Crippen molar-refractivity contribution < 1.29 is 26.7 Å². The van der Waals surface area contributed by atoms with Crippen LogP contribution in [0.2, 0.25) is 0 Å². The molecule has 0 bridgehead atoms. The van der Waals surface area contributed by atoms with Crippen LogP contribution in [0.5, 0.6) is 0 Å². The topological polar surface area (TPSA) is 77.8 Å². The Kier molecular flexibility index (Phi) is 5.89. The lowest BCUT2D eigenvalue weighted by Crippen LogP contribution is -2.39. The van der Waals surface area contributed by atoms with E-state index in [1.807, 2.05) is 6.92 Å². The fourth-order valence-corrected chi connectivity index (χ4v) is 3.91. The summed E-state index contributed by atoms with van der Waals surface area (Å²) in [5, 5.41) is 14.0. The number of nitrogens with one attached hydrogen (secondary N) is 2. The van der Waals surface area contributed by atoms with E-state index in [0.29, 0.717) is 29.1 Å². The Balaban J connectivity index is 1.80. The summed E-state index contributed by atoms with van der Waals surface area (Å²) in [6.07, 6.45) is -2.53. The molecule has 2 unspecified atom stereocenters. The summed E-state index contributed by atoms with van der Waals surface area (Å²) in [4.78, 5) is 16.3. The van der Waals surface area contributed by atoms with Crippen molar-refractivity contribution in [2.75, 3.05) is 11.9 Å². The molecule has 0 spiro atoms. The zero-order valence-electron chi connectivity index (χ0n) is 17.6. The first-order valence-electron chi connectivity index (χ1n) is 9.85. The van der Waals surface area contributed by atoms with Crippen molar-refractivity contribution in [1.29, 1.82) is 5.26 Å². The van der Waals surface area contributed by atoms with Crippen molar-refractivity contribution in [2.24, 2.45) is 5.41 Å². The van der Waals surface area contributed by atoms with Crippen molar-refractivity contribution >= 4 is 17.3 Å². The average molecular weight is 452 g/mol. The first kappa shape index (κ1) is 23.4. The van der Waals surface area contributed by atoms with Gasteiger partial charge in [-0.15, -0.1) is 0 Å². The fourth-order valence-electron chi connectivity index (χ4n) is 3.91. The number of nitriles is 1. The zero-order valence-corrected chi connectivity index (χ0v) is 17.6. The van der Waals surface area contributed by atoms with Gasteiger partial charge >= 0.3 is 6.18 Å². The molecule has 0 radical (unpaired) electrons. The summed E-state index contributed by atoms with van der Waals surface area (Å²) in [5.74, 6) is -6.35. The van der Waals surface area contributed by atoms with Gasteiger partial charge in [0, 0.05) is 5.69 Å². The predicted molar refractivity (Wildman–Crippen MR) is 108 cm³/mol. The maximum atomic E-state index is 14.5. The van der Waals surface area contributed by atoms with Gasteiger partial charge in [-0.2, -0.15) is 18.4 Å². The van der Waals surface area contributed by atoms with Crippen LogP contribution in [-0.4, -0.2) is 29.5 Å². The van der Waals surface area contributed by atoms with Crippen molar-refractivity contribution in [1.82, 2.24) is 10.3 Å². The number of hydrogen-bond donors (Lipinski definition) is 2. The van der Waals surface area contributed by atoms with E-state index in [1.165, 1.54) is 24.3 Å². The van der Waals surface area contributed by atoms with Crippen LogP contribution in [0.3, 0.4) is 0 Å². The van der Waals surface area contributed by atoms with Gasteiger partial charge in [0.15, 0.2) is 0 Å². The third-order valence-corrected chi connectivity index (χ3v) is 5.83. The molecule has 0 aliphatic heterocycles. The normalized spacial score (nSPS) is 21.5. The van der Waals surface area contributed by atoms with E-state index in [4.69, 9.17) is 0 Å². The van der Waals surface area contributed by atoms with Gasteiger partial charge in [0.25, 0.3) is 5.92 Å². The third kappa shape index (κ3) is 3.99. The molecule has 0 saturated heterocycles. The van der Waals surface area contributed by atoms with Crippen molar-refractivity contribution in [3.8, 4) is 6.07 Å². The van der Waals surface area contributed by atoms with E-state index in [-0.39, 0.29) is 5.56 Å². The Morgan fingerprint density at radius 2 is 1.88 bits per heavy atom. The number of carbonyl (C=O) groups is 1. The largest absolute Gasteiger partial charge is 0.405 e. The SMILES string of the molecule is CCc1c(Nc2ccc(C3C(F)(F)C3(C)C(=O)NCC(F)(F)F)cc2)cnc(C)c1C#N. The Hall–Kier alpha value is -3.22. The van der Waals surface area contributed by atoms with Gasteiger partial charge in [-0.3, -0.25) is 9.78 Å². The second kappa shape index (κ2) is 8.04. The number of anilines is 2. The van der Waals surface area contributed by atoms with Crippen molar-refractivity contribution in [3.05, 3.63) is 52.8 Å². The number of nitrogens with zero attached hydrogens (tertiary/aromatic N) is 2. The number of amides is 1. The maximum absolute atomic E-state index is 14.5. The van der Waals surface area contributed by atoms with E-state index in [0.717, 1.165) is 12.5 Å². The lowest BCUT2D eigenvalue weighted by Gasteiger charge is -2.14. The summed E-state index contributed by atoms with van der Waals surface area (Å²) in [6, 6.07) is 8.00. The molecule has 1 aliphatic carbocycles. The molecule has 3 rings (SSSR count). The average Bonchev–Trinajstić information content (AvgIpc) is 3.20. The highest BCUT2D eigenvalue weighted by Gasteiger charge is 2.82. The molecule has 1 aromatic heterocycles. The van der Waals surface area contributed by atoms with Gasteiger partial charge in [-0.05, 0) is 43.5 Å². The van der Waals surface area contributed by atoms with Crippen LogP contribution in [0.25, 0.3) is 0 Å². The minimum absolute atomic E-state index is 0.140. The Morgan fingerprint density at radius 3 is 2.41 bits per heavy atom. The summed E-state index contributed by atoms with van der Waals surface area (Å²) in [5.41, 5.74) is 0.871. The molecule has 10 heteroatoms. The van der Waals surface area contributed by atoms with Crippen LogP contribution in [0.15, 0.2) is 30.5 Å². The van der Waals surface area contributed by atoms with E-state index in [2.05, 4.69) is 16.4 Å². The van der Waals surface area contributed by atoms with E-state index >= 15 is 0 Å². The molecule has 32 heavy (non-hydrogen) atoms. The molecule has 1 saturated carbocycles. The Morgan fingerprint density at radius 1 is 1.25 bits per heavy atom. The van der Waals surface area contributed by atoms with Gasteiger partial charge in [-0.25, -0.2) is 8.78 Å². The third-order valence-electron chi connectivity index (χ3n) is 5.83. The molecule has 1 amide bonds. The number of pyridine rings is 1. The molecule has 1 aromatic carbocycles. The first-order chi connectivity index (χ1) is 14.9. The number of halogens is 5. The number of aryl methyl sites for hydroxylation is 1. The van der Waals surface area contributed by atoms with Gasteiger partial charge in [0.2, 0.25) is 5.91 Å². The fraction of sp³-hybridized carbons (Fsp3) is 0.409. The molecular formula is C22H21F5N4O. The van der Waals surface area contributed by atoms with E-state index in [1.54, 1.807) is 18.4 Å². The number of hydrogen-bond acceptors (Lipinski definition) is 4. The van der Waals surface area contributed by atoms with Crippen LogP contribution in [0.1, 0.15) is 42.1 Å². The molecule has 1 heterocycles. The van der Waals surface area contributed by atoms with Gasteiger partial charge < -0.3 is 10.6 Å². The number of rotatable bonds is 6. The first-order valence-corrected chi connectivity index (χ1v) is 9.85. The minimum atomic E-state index is -4.69. The van der Waals surface area contributed by atoms with Crippen molar-refractivity contribution in [3.63, 3.8) is 0 Å². The molecule has 1 aliphatic rings. The second-order valence-corrected chi connectivity index (χ2v) is 7.88. The van der Waals surface area contributed by atoms with Crippen LogP contribution in [-0.2, 0) is 11.2 Å². The molecule has 2 aromatic rings. The van der Waals surface area contributed by atoms with Gasteiger partial charge in [-0.1, -0.05) is 19.1 Å². The lowest BCUT2D eigenvalue weighted by molar-refractivity contribution is -0.143. The number of alkyl halides is 5. The monoisotopic (exact) mass is 452 g/mol. The van der Waals surface area contributed by atoms with Gasteiger partial charge in [0.1, 0.15) is 18.0 Å². The van der Waals surface area contributed by atoms with Gasteiger partial charge in [0.05, 0.1) is 29.1 Å². The maximum Gasteiger partial charge on any atom is 0.405 e. The van der Waals surface area contributed by atoms with Crippen LogP contribution in [0.4, 0.5) is 33.3 Å². The predicted octanol–water partition coefficient (Wildman–Crippen LogP) is 4.99. The van der Waals surface area contributed by atoms with E-state index in [9.17, 15) is 32.0 Å². The summed E-state index contributed by atoms with van der Waals surface area (Å²) in [7, 11) is 0. The molecule has 170 valence electrons. The molecular weight excluding hydrogens is 431 g/mol. The number of aromatic nitrogens is 1. The highest BCUT2D eigenvalue weighted by Crippen LogP contribution is 2.71. The highest BCUT2D eigenvalue weighted by atomic mass is 19.4. The summed E-state index contributed by atoms with van der Waals surface area (Å²) >= 11 is 0. The van der Waals surface area contributed by atoms with Crippen LogP contribution >= 0.6 is 0 Å². The van der Waals surface area contributed by atoms with Crippen molar-refractivity contribution in [2.45, 2.75) is 45.2 Å². The molecule has 2 N–H and O–H groups in total. The summed E-state index contributed by atoms with van der Waals surface area (Å²) < 4.78 is 66.0. The molecule has 2 atom stereocenters. The minimum Gasteiger partial charge on any atom is -0.354 e. The van der Waals surface area contributed by atoms with E-state index < -0.39 is 35.9 Å². The lowest BCUT2D eigenvalue weighted by atomic mass is 9.99.